The summed E-state index contributed by atoms with van der Waals surface area (Å²) >= 11 is 0. The van der Waals surface area contributed by atoms with E-state index in [0.29, 0.717) is 17.8 Å². The van der Waals surface area contributed by atoms with Gasteiger partial charge in [0.1, 0.15) is 0 Å². The molecule has 126 valence electrons. The highest BCUT2D eigenvalue weighted by atomic mass is 16.5. The number of methoxy groups -OCH3 is 1. The molecule has 0 spiro atoms. The number of ether oxygens (including phenoxy) is 1. The van der Waals surface area contributed by atoms with Crippen LogP contribution >= 0.6 is 0 Å². The third-order valence-corrected chi connectivity index (χ3v) is 4.21. The molecular formula is C17H25N3O3. The van der Waals surface area contributed by atoms with Gasteiger partial charge in [-0.05, 0) is 31.2 Å². The van der Waals surface area contributed by atoms with Crippen molar-refractivity contribution < 1.29 is 14.3 Å². The van der Waals surface area contributed by atoms with E-state index in [4.69, 9.17) is 4.74 Å². The molecule has 1 fully saturated rings. The normalized spacial score (nSPS) is 16.1. The first-order valence-electron chi connectivity index (χ1n) is 7.97. The van der Waals surface area contributed by atoms with E-state index in [1.165, 1.54) is 7.11 Å². The molecule has 6 heteroatoms. The fourth-order valence-corrected chi connectivity index (χ4v) is 2.66. The van der Waals surface area contributed by atoms with Crippen molar-refractivity contribution in [3.63, 3.8) is 0 Å². The van der Waals surface area contributed by atoms with Crippen molar-refractivity contribution in [2.24, 2.45) is 0 Å². The topological polar surface area (TPSA) is 61.9 Å². The van der Waals surface area contributed by atoms with Gasteiger partial charge >= 0.3 is 5.97 Å². The molecule has 0 saturated carbocycles. The zero-order valence-electron chi connectivity index (χ0n) is 14.1. The van der Waals surface area contributed by atoms with Gasteiger partial charge in [0, 0.05) is 31.9 Å². The molecule has 1 saturated heterocycles. The molecule has 0 radical (unpaired) electrons. The SMILES string of the molecule is CCN1CCN(CC(=O)Nc2cc(C(=O)OC)ccc2C)CC1. The molecule has 1 aromatic carbocycles. The number of esters is 1. The quantitative estimate of drug-likeness (QED) is 0.830. The Kier molecular flexibility index (Phi) is 6.12. The van der Waals surface area contributed by atoms with E-state index in [2.05, 4.69) is 22.0 Å². The molecule has 0 aromatic heterocycles. The molecule has 1 aromatic rings. The van der Waals surface area contributed by atoms with Gasteiger partial charge in [0.15, 0.2) is 0 Å². The van der Waals surface area contributed by atoms with Crippen LogP contribution in [0.4, 0.5) is 5.69 Å². The molecule has 1 N–H and O–H groups in total. The van der Waals surface area contributed by atoms with E-state index in [1.807, 2.05) is 13.0 Å². The van der Waals surface area contributed by atoms with E-state index < -0.39 is 5.97 Å². The van der Waals surface area contributed by atoms with Gasteiger partial charge in [-0.3, -0.25) is 9.69 Å². The highest BCUT2D eigenvalue weighted by Crippen LogP contribution is 2.17. The van der Waals surface area contributed by atoms with Crippen molar-refractivity contribution in [2.45, 2.75) is 13.8 Å². The van der Waals surface area contributed by atoms with Crippen LogP contribution in [-0.4, -0.2) is 68.1 Å². The van der Waals surface area contributed by atoms with Crippen LogP contribution in [-0.2, 0) is 9.53 Å². The third-order valence-electron chi connectivity index (χ3n) is 4.21. The summed E-state index contributed by atoms with van der Waals surface area (Å²) in [7, 11) is 1.34. The van der Waals surface area contributed by atoms with Crippen molar-refractivity contribution >= 4 is 17.6 Å². The van der Waals surface area contributed by atoms with Crippen molar-refractivity contribution in [1.82, 2.24) is 9.80 Å². The number of carbonyl (C=O) groups is 2. The summed E-state index contributed by atoms with van der Waals surface area (Å²) in [6, 6.07) is 5.16. The second kappa shape index (κ2) is 8.08. The van der Waals surface area contributed by atoms with Crippen molar-refractivity contribution in [3.8, 4) is 0 Å². The Morgan fingerprint density at radius 2 is 1.83 bits per heavy atom. The van der Waals surface area contributed by atoms with Crippen LogP contribution < -0.4 is 5.32 Å². The first-order valence-corrected chi connectivity index (χ1v) is 7.97. The maximum Gasteiger partial charge on any atom is 0.337 e. The van der Waals surface area contributed by atoms with Crippen LogP contribution in [0.2, 0.25) is 0 Å². The number of hydrogen-bond donors (Lipinski definition) is 1. The van der Waals surface area contributed by atoms with E-state index in [9.17, 15) is 9.59 Å². The van der Waals surface area contributed by atoms with Crippen LogP contribution in [0, 0.1) is 6.92 Å². The van der Waals surface area contributed by atoms with E-state index >= 15 is 0 Å². The highest BCUT2D eigenvalue weighted by Gasteiger charge is 2.18. The van der Waals surface area contributed by atoms with Gasteiger partial charge in [-0.2, -0.15) is 0 Å². The van der Waals surface area contributed by atoms with Crippen LogP contribution in [0.25, 0.3) is 0 Å². The van der Waals surface area contributed by atoms with Crippen molar-refractivity contribution in [1.29, 1.82) is 0 Å². The lowest BCUT2D eigenvalue weighted by atomic mass is 10.1. The van der Waals surface area contributed by atoms with E-state index in [0.717, 1.165) is 38.3 Å². The number of hydrogen-bond acceptors (Lipinski definition) is 5. The van der Waals surface area contributed by atoms with Gasteiger partial charge in [-0.25, -0.2) is 4.79 Å². The highest BCUT2D eigenvalue weighted by molar-refractivity contribution is 5.96. The number of nitrogens with one attached hydrogen (secondary N) is 1. The summed E-state index contributed by atoms with van der Waals surface area (Å²) < 4.78 is 4.71. The predicted molar refractivity (Wildman–Crippen MR) is 89.7 cm³/mol. The van der Waals surface area contributed by atoms with E-state index in [-0.39, 0.29) is 5.91 Å². The monoisotopic (exact) mass is 319 g/mol. The van der Waals surface area contributed by atoms with E-state index in [1.54, 1.807) is 12.1 Å². The smallest absolute Gasteiger partial charge is 0.337 e. The first-order chi connectivity index (χ1) is 11.0. The maximum atomic E-state index is 12.3. The van der Waals surface area contributed by atoms with Crippen molar-refractivity contribution in [3.05, 3.63) is 29.3 Å². The van der Waals surface area contributed by atoms with Gasteiger partial charge in [0.25, 0.3) is 0 Å². The molecule has 0 unspecified atom stereocenters. The number of amides is 1. The minimum absolute atomic E-state index is 0.0555. The molecule has 0 bridgehead atoms. The Bertz CT molecular complexity index is 566. The minimum atomic E-state index is -0.406. The number of piperazine rings is 1. The van der Waals surface area contributed by atoms with Gasteiger partial charge in [0.2, 0.25) is 5.91 Å². The molecule has 6 nitrogen and oxygen atoms in total. The summed E-state index contributed by atoms with van der Waals surface area (Å²) in [6.07, 6.45) is 0. The number of anilines is 1. The molecule has 23 heavy (non-hydrogen) atoms. The molecule has 0 aliphatic carbocycles. The largest absolute Gasteiger partial charge is 0.465 e. The molecule has 2 rings (SSSR count). The Hall–Kier alpha value is -1.92. The third kappa shape index (κ3) is 4.77. The lowest BCUT2D eigenvalue weighted by Gasteiger charge is -2.33. The summed E-state index contributed by atoms with van der Waals surface area (Å²) in [4.78, 5) is 28.4. The number of likely N-dealkylation sites (N-methyl/N-ethyl adjacent to an activating group) is 1. The minimum Gasteiger partial charge on any atom is -0.465 e. The molecule has 1 aliphatic heterocycles. The van der Waals surface area contributed by atoms with Crippen LogP contribution in [0.15, 0.2) is 18.2 Å². The lowest BCUT2D eigenvalue weighted by Crippen LogP contribution is -2.48. The van der Waals surface area contributed by atoms with Crippen molar-refractivity contribution in [2.75, 3.05) is 51.7 Å². The summed E-state index contributed by atoms with van der Waals surface area (Å²) in [6.45, 7) is 9.29. The average Bonchev–Trinajstić information content (AvgIpc) is 2.56. The molecular weight excluding hydrogens is 294 g/mol. The Balaban J connectivity index is 1.93. The number of carbonyl (C=O) groups excluding carboxylic acids is 2. The van der Waals surface area contributed by atoms with Gasteiger partial charge < -0.3 is 15.0 Å². The van der Waals surface area contributed by atoms with Crippen LogP contribution in [0.5, 0.6) is 0 Å². The Labute approximate surface area is 137 Å². The fraction of sp³-hybridized carbons (Fsp3) is 0.529. The Morgan fingerprint density at radius 1 is 1.17 bits per heavy atom. The number of benzene rings is 1. The van der Waals surface area contributed by atoms with Gasteiger partial charge in [-0.1, -0.05) is 13.0 Å². The summed E-state index contributed by atoms with van der Waals surface area (Å²) in [5.41, 5.74) is 2.01. The summed E-state index contributed by atoms with van der Waals surface area (Å²) in [5, 5.41) is 2.90. The molecule has 1 amide bonds. The number of nitrogens with zero attached hydrogens (tertiary/aromatic N) is 2. The standard InChI is InChI=1S/C17H25N3O3/c1-4-19-7-9-20(10-8-19)12-16(21)18-15-11-14(17(22)23-3)6-5-13(15)2/h5-6,11H,4,7-10,12H2,1-3H3,(H,18,21). The van der Waals surface area contributed by atoms with Crippen LogP contribution in [0.3, 0.4) is 0 Å². The zero-order chi connectivity index (χ0) is 16.8. The molecule has 0 atom stereocenters. The fourth-order valence-electron chi connectivity index (χ4n) is 2.66. The lowest BCUT2D eigenvalue weighted by molar-refractivity contribution is -0.117. The molecule has 1 heterocycles. The predicted octanol–water partition coefficient (Wildman–Crippen LogP) is 1.36. The number of aryl methyl sites for hydroxylation is 1. The molecule has 1 aliphatic rings. The summed E-state index contributed by atoms with van der Waals surface area (Å²) in [5.74, 6) is -0.462. The second-order valence-corrected chi connectivity index (χ2v) is 5.78. The Morgan fingerprint density at radius 3 is 2.43 bits per heavy atom. The second-order valence-electron chi connectivity index (χ2n) is 5.78. The zero-order valence-corrected chi connectivity index (χ0v) is 14.1. The first kappa shape index (κ1) is 17.4. The average molecular weight is 319 g/mol. The number of rotatable bonds is 5. The van der Waals surface area contributed by atoms with Gasteiger partial charge in [-0.15, -0.1) is 0 Å². The van der Waals surface area contributed by atoms with Crippen LogP contribution in [0.1, 0.15) is 22.8 Å². The maximum absolute atomic E-state index is 12.3. The van der Waals surface area contributed by atoms with Gasteiger partial charge in [0.05, 0.1) is 19.2 Å².